The predicted molar refractivity (Wildman–Crippen MR) is 155 cm³/mol. The molecule has 2 aromatic carbocycles. The van der Waals surface area contributed by atoms with Crippen LogP contribution in [-0.2, 0) is 6.61 Å². The first-order valence-corrected chi connectivity index (χ1v) is 14.8. The van der Waals surface area contributed by atoms with Crippen molar-refractivity contribution in [2.45, 2.75) is 117 Å². The average molecular weight is 511 g/mol. The molecule has 4 nitrogen and oxygen atoms in total. The van der Waals surface area contributed by atoms with Gasteiger partial charge in [-0.1, -0.05) is 109 Å². The fraction of sp³-hybridized carbons (Fsp3) is 0.606. The summed E-state index contributed by atoms with van der Waals surface area (Å²) in [5.74, 6) is 1.92. The Balaban J connectivity index is 1.63. The first kappa shape index (κ1) is 30.7. The second-order valence-electron chi connectivity index (χ2n) is 10.0. The molecule has 0 bridgehead atoms. The molecular weight excluding hydrogens is 460 g/mol. The third-order valence-corrected chi connectivity index (χ3v) is 6.64. The maximum Gasteiger partial charge on any atom is 0.220 e. The van der Waals surface area contributed by atoms with Gasteiger partial charge in [0.25, 0.3) is 0 Å². The van der Waals surface area contributed by atoms with Crippen LogP contribution in [0.4, 0.5) is 0 Å². The molecule has 0 amide bonds. The zero-order valence-corrected chi connectivity index (χ0v) is 23.5. The molecule has 0 heterocycles. The lowest BCUT2D eigenvalue weighted by molar-refractivity contribution is 0.298. The van der Waals surface area contributed by atoms with Gasteiger partial charge in [-0.15, -0.1) is 0 Å². The van der Waals surface area contributed by atoms with Crippen molar-refractivity contribution in [3.05, 3.63) is 64.3 Å². The van der Waals surface area contributed by atoms with Crippen LogP contribution in [0.2, 0.25) is 0 Å². The molecule has 0 aliphatic heterocycles. The lowest BCUT2D eigenvalue weighted by Crippen LogP contribution is -2.04. The van der Waals surface area contributed by atoms with Crippen LogP contribution >= 0.6 is 0 Å². The van der Waals surface area contributed by atoms with E-state index in [0.29, 0.717) is 24.7 Å². The largest absolute Gasteiger partial charge is 0.494 e. The molecule has 2 rings (SSSR count). The second kappa shape index (κ2) is 20.6. The fourth-order valence-corrected chi connectivity index (χ4v) is 4.27. The highest BCUT2D eigenvalue weighted by atomic mass is 16.5. The van der Waals surface area contributed by atoms with Crippen molar-refractivity contribution in [1.29, 1.82) is 0 Å². The summed E-state index contributed by atoms with van der Waals surface area (Å²) in [5, 5.41) is 0. The number of hydrogen-bond acceptors (Lipinski definition) is 4. The van der Waals surface area contributed by atoms with Crippen LogP contribution in [0.15, 0.2) is 53.3 Å². The summed E-state index contributed by atoms with van der Waals surface area (Å²) in [5.41, 5.74) is 0.857. The van der Waals surface area contributed by atoms with E-state index >= 15 is 0 Å². The van der Waals surface area contributed by atoms with Crippen LogP contribution in [0.1, 0.15) is 116 Å². The Bertz CT molecular complexity index is 878. The van der Waals surface area contributed by atoms with Gasteiger partial charge in [0, 0.05) is 0 Å². The number of benzene rings is 1. The second-order valence-corrected chi connectivity index (χ2v) is 10.0. The van der Waals surface area contributed by atoms with Gasteiger partial charge in [-0.3, -0.25) is 4.79 Å². The van der Waals surface area contributed by atoms with Gasteiger partial charge in [0.05, 0.1) is 13.2 Å². The third kappa shape index (κ3) is 14.7. The molecule has 2 aromatic rings. The molecule has 4 heteroatoms. The van der Waals surface area contributed by atoms with Gasteiger partial charge in [0.1, 0.15) is 18.1 Å². The third-order valence-electron chi connectivity index (χ3n) is 6.64. The first-order chi connectivity index (χ1) is 18.2. The molecule has 206 valence electrons. The van der Waals surface area contributed by atoms with E-state index in [0.717, 1.165) is 30.8 Å². The summed E-state index contributed by atoms with van der Waals surface area (Å²) in [7, 11) is 0. The molecule has 37 heavy (non-hydrogen) atoms. The van der Waals surface area contributed by atoms with E-state index < -0.39 is 0 Å². The van der Waals surface area contributed by atoms with Crippen LogP contribution in [-0.4, -0.2) is 13.2 Å². The minimum Gasteiger partial charge on any atom is -0.494 e. The van der Waals surface area contributed by atoms with Crippen molar-refractivity contribution in [3.63, 3.8) is 0 Å². The highest BCUT2D eigenvalue weighted by molar-refractivity contribution is 5.30. The van der Waals surface area contributed by atoms with Crippen LogP contribution in [0.5, 0.6) is 17.2 Å². The lowest BCUT2D eigenvalue weighted by atomic mass is 10.1. The smallest absolute Gasteiger partial charge is 0.220 e. The Hall–Kier alpha value is -2.49. The Kier molecular flexibility index (Phi) is 17.1. The van der Waals surface area contributed by atoms with Crippen molar-refractivity contribution in [1.82, 2.24) is 0 Å². The van der Waals surface area contributed by atoms with Crippen molar-refractivity contribution in [2.24, 2.45) is 0 Å². The van der Waals surface area contributed by atoms with Crippen molar-refractivity contribution >= 4 is 0 Å². The number of unbranched alkanes of at least 4 members (excludes halogenated alkanes) is 13. The minimum absolute atomic E-state index is 0.142. The standard InChI is InChI=1S/C33H50O4/c1-3-5-7-9-10-11-12-13-15-17-27-36-31-22-24-32(34)33(25-23-31)37-28-29-18-20-30(21-19-29)35-26-16-14-8-6-4-2/h18-25H,3-17,26-28H2,1-2H3. The SMILES string of the molecule is CCCCCCCCCCCCOc1ccc(OCc2ccc(OCCCCCCC)cc2)c(=O)cc1. The van der Waals surface area contributed by atoms with Gasteiger partial charge in [-0.05, 0) is 54.8 Å². The molecule has 0 spiro atoms. The molecule has 0 atom stereocenters. The van der Waals surface area contributed by atoms with E-state index in [4.69, 9.17) is 14.2 Å². The number of hydrogen-bond donors (Lipinski definition) is 0. The summed E-state index contributed by atoms with van der Waals surface area (Å²) in [6.45, 7) is 6.26. The fourth-order valence-electron chi connectivity index (χ4n) is 4.27. The Morgan fingerprint density at radius 3 is 1.43 bits per heavy atom. The van der Waals surface area contributed by atoms with Crippen molar-refractivity contribution in [2.75, 3.05) is 13.2 Å². The maximum atomic E-state index is 12.4. The van der Waals surface area contributed by atoms with Crippen LogP contribution in [0.3, 0.4) is 0 Å². The van der Waals surface area contributed by atoms with Gasteiger partial charge in [-0.25, -0.2) is 0 Å². The van der Waals surface area contributed by atoms with Gasteiger partial charge < -0.3 is 14.2 Å². The van der Waals surface area contributed by atoms with Crippen LogP contribution in [0.25, 0.3) is 0 Å². The lowest BCUT2D eigenvalue weighted by Gasteiger charge is -2.08. The van der Waals surface area contributed by atoms with Gasteiger partial charge in [-0.2, -0.15) is 0 Å². The van der Waals surface area contributed by atoms with E-state index in [1.54, 1.807) is 12.1 Å². The highest BCUT2D eigenvalue weighted by Gasteiger charge is 2.03. The Labute approximate surface area is 225 Å². The number of rotatable bonds is 22. The summed E-state index contributed by atoms with van der Waals surface area (Å²) in [4.78, 5) is 12.4. The summed E-state index contributed by atoms with van der Waals surface area (Å²) in [6.07, 6.45) is 19.2. The molecule has 0 saturated carbocycles. The summed E-state index contributed by atoms with van der Waals surface area (Å²) < 4.78 is 17.5. The molecule has 0 saturated heterocycles. The van der Waals surface area contributed by atoms with Crippen molar-refractivity contribution in [3.8, 4) is 17.2 Å². The molecule has 0 unspecified atom stereocenters. The summed E-state index contributed by atoms with van der Waals surface area (Å²) in [6, 6.07) is 14.7. The molecule has 0 N–H and O–H groups in total. The normalized spacial score (nSPS) is 10.9. The topological polar surface area (TPSA) is 44.8 Å². The number of ether oxygens (including phenoxy) is 3. The molecule has 0 fully saturated rings. The van der Waals surface area contributed by atoms with Crippen LogP contribution in [0, 0.1) is 0 Å². The van der Waals surface area contributed by atoms with E-state index in [1.807, 2.05) is 30.3 Å². The minimum atomic E-state index is -0.142. The Morgan fingerprint density at radius 2 is 0.919 bits per heavy atom. The predicted octanol–water partition coefficient (Wildman–Crippen LogP) is 9.27. The molecule has 0 aliphatic carbocycles. The highest BCUT2D eigenvalue weighted by Crippen LogP contribution is 2.17. The van der Waals surface area contributed by atoms with E-state index in [2.05, 4.69) is 13.8 Å². The monoisotopic (exact) mass is 510 g/mol. The van der Waals surface area contributed by atoms with Gasteiger partial charge in [0.2, 0.25) is 5.43 Å². The average Bonchev–Trinajstić information content (AvgIpc) is 3.09. The van der Waals surface area contributed by atoms with Crippen LogP contribution < -0.4 is 19.6 Å². The molecule has 0 radical (unpaired) electrons. The van der Waals surface area contributed by atoms with E-state index in [1.165, 1.54) is 89.5 Å². The quantitative estimate of drug-likeness (QED) is 0.148. The first-order valence-electron chi connectivity index (χ1n) is 14.8. The van der Waals surface area contributed by atoms with Gasteiger partial charge >= 0.3 is 0 Å². The molecule has 0 aromatic heterocycles. The molecule has 0 aliphatic rings. The Morgan fingerprint density at radius 1 is 0.486 bits per heavy atom. The van der Waals surface area contributed by atoms with E-state index in [-0.39, 0.29) is 5.43 Å². The molecular formula is C33H50O4. The van der Waals surface area contributed by atoms with E-state index in [9.17, 15) is 4.79 Å². The van der Waals surface area contributed by atoms with Crippen molar-refractivity contribution < 1.29 is 14.2 Å². The van der Waals surface area contributed by atoms with Gasteiger partial charge in [0.15, 0.2) is 5.75 Å². The zero-order valence-electron chi connectivity index (χ0n) is 23.5. The zero-order chi connectivity index (χ0) is 26.4. The maximum absolute atomic E-state index is 12.4. The summed E-state index contributed by atoms with van der Waals surface area (Å²) >= 11 is 0.